The molecular weight excluding hydrogens is 278 g/mol. The minimum absolute atomic E-state index is 0.106. The van der Waals surface area contributed by atoms with Crippen molar-refractivity contribution in [1.29, 1.82) is 0 Å². The molecular formula is C14H16ClN3O2. The van der Waals surface area contributed by atoms with Gasteiger partial charge in [-0.3, -0.25) is 9.36 Å². The van der Waals surface area contributed by atoms with E-state index in [2.05, 4.69) is 10.3 Å². The van der Waals surface area contributed by atoms with Crippen molar-refractivity contribution in [2.24, 2.45) is 5.92 Å². The number of hydrogen-bond donors (Lipinski definition) is 1. The lowest BCUT2D eigenvalue weighted by Gasteiger charge is -2.14. The van der Waals surface area contributed by atoms with Crippen LogP contribution < -0.4 is 15.6 Å². The first kappa shape index (κ1) is 13.4. The molecule has 1 aromatic carbocycles. The number of hydrogen-bond acceptors (Lipinski definition) is 4. The highest BCUT2D eigenvalue weighted by Crippen LogP contribution is 2.23. The van der Waals surface area contributed by atoms with Gasteiger partial charge in [0.15, 0.2) is 0 Å². The molecule has 1 aliphatic heterocycles. The summed E-state index contributed by atoms with van der Waals surface area (Å²) in [6.45, 7) is 2.51. The Balaban J connectivity index is 2.11. The third-order valence-corrected chi connectivity index (χ3v) is 4.01. The Morgan fingerprint density at radius 3 is 3.10 bits per heavy atom. The second-order valence-electron chi connectivity index (χ2n) is 5.01. The van der Waals surface area contributed by atoms with Gasteiger partial charge in [0.25, 0.3) is 5.56 Å². The molecule has 2 heterocycles. The summed E-state index contributed by atoms with van der Waals surface area (Å²) in [5.41, 5.74) is 0.414. The van der Waals surface area contributed by atoms with E-state index in [-0.39, 0.29) is 10.8 Å². The fraction of sp³-hybridized carbons (Fsp3) is 0.429. The van der Waals surface area contributed by atoms with Gasteiger partial charge < -0.3 is 10.1 Å². The van der Waals surface area contributed by atoms with Crippen LogP contribution in [0.15, 0.2) is 23.0 Å². The molecule has 5 nitrogen and oxygen atoms in total. The maximum Gasteiger partial charge on any atom is 0.262 e. The number of nitrogens with zero attached hydrogens (tertiary/aromatic N) is 2. The van der Waals surface area contributed by atoms with Crippen molar-refractivity contribution >= 4 is 22.5 Å². The number of ether oxygens (including phenoxy) is 1. The number of fused-ring (bicyclic) bond motifs is 1. The summed E-state index contributed by atoms with van der Waals surface area (Å²) < 4.78 is 6.79. The van der Waals surface area contributed by atoms with E-state index in [0.29, 0.717) is 29.1 Å². The van der Waals surface area contributed by atoms with Crippen molar-refractivity contribution in [2.75, 3.05) is 20.2 Å². The van der Waals surface area contributed by atoms with Crippen LogP contribution in [-0.4, -0.2) is 29.8 Å². The molecule has 0 aliphatic carbocycles. The smallest absolute Gasteiger partial charge is 0.262 e. The van der Waals surface area contributed by atoms with Crippen molar-refractivity contribution in [3.05, 3.63) is 33.8 Å². The van der Waals surface area contributed by atoms with Crippen molar-refractivity contribution in [2.45, 2.75) is 13.0 Å². The minimum Gasteiger partial charge on any atom is -0.494 e. The SMILES string of the molecule is COc1cccc2c(=O)n(CC3CCNC3)c(Cl)nc12. The molecule has 1 aromatic heterocycles. The van der Waals surface area contributed by atoms with Crippen LogP contribution in [0, 0.1) is 5.92 Å². The van der Waals surface area contributed by atoms with Gasteiger partial charge in [-0.2, -0.15) is 0 Å². The zero-order valence-corrected chi connectivity index (χ0v) is 12.0. The van der Waals surface area contributed by atoms with Gasteiger partial charge in [0.05, 0.1) is 12.5 Å². The first-order valence-corrected chi connectivity index (χ1v) is 7.02. The van der Waals surface area contributed by atoms with E-state index in [1.807, 2.05) is 0 Å². The third kappa shape index (κ3) is 2.27. The molecule has 20 heavy (non-hydrogen) atoms. The quantitative estimate of drug-likeness (QED) is 0.875. The Bertz CT molecular complexity index is 693. The Morgan fingerprint density at radius 2 is 2.40 bits per heavy atom. The van der Waals surface area contributed by atoms with Crippen LogP contribution in [0.5, 0.6) is 5.75 Å². The summed E-state index contributed by atoms with van der Waals surface area (Å²) in [4.78, 5) is 16.9. The standard InChI is InChI=1S/C14H16ClN3O2/c1-20-11-4-2-3-10-12(11)17-14(15)18(13(10)19)8-9-5-6-16-7-9/h2-4,9,16H,5-8H2,1H3. The molecule has 1 saturated heterocycles. The number of halogens is 1. The zero-order valence-electron chi connectivity index (χ0n) is 11.2. The maximum absolute atomic E-state index is 12.6. The van der Waals surface area contributed by atoms with Crippen molar-refractivity contribution in [3.63, 3.8) is 0 Å². The van der Waals surface area contributed by atoms with Crippen LogP contribution in [0.25, 0.3) is 10.9 Å². The molecule has 0 amide bonds. The molecule has 1 aliphatic rings. The normalized spacial score (nSPS) is 18.6. The average Bonchev–Trinajstić information content (AvgIpc) is 2.96. The second-order valence-corrected chi connectivity index (χ2v) is 5.35. The first-order chi connectivity index (χ1) is 9.70. The Morgan fingerprint density at radius 1 is 1.55 bits per heavy atom. The summed E-state index contributed by atoms with van der Waals surface area (Å²) in [5.74, 6) is 0.992. The summed E-state index contributed by atoms with van der Waals surface area (Å²) >= 11 is 6.19. The van der Waals surface area contributed by atoms with E-state index < -0.39 is 0 Å². The van der Waals surface area contributed by atoms with Gasteiger partial charge in [-0.15, -0.1) is 0 Å². The van der Waals surface area contributed by atoms with Crippen LogP contribution >= 0.6 is 11.6 Å². The monoisotopic (exact) mass is 293 g/mol. The third-order valence-electron chi connectivity index (χ3n) is 3.72. The highest BCUT2D eigenvalue weighted by molar-refractivity contribution is 6.28. The van der Waals surface area contributed by atoms with E-state index in [1.54, 1.807) is 29.9 Å². The van der Waals surface area contributed by atoms with E-state index >= 15 is 0 Å². The Labute approximate surface area is 121 Å². The van der Waals surface area contributed by atoms with Crippen LogP contribution in [0.2, 0.25) is 5.28 Å². The van der Waals surface area contributed by atoms with Crippen LogP contribution in [-0.2, 0) is 6.54 Å². The van der Waals surface area contributed by atoms with Gasteiger partial charge in [-0.25, -0.2) is 4.98 Å². The Hall–Kier alpha value is -1.59. The molecule has 0 radical (unpaired) electrons. The molecule has 0 saturated carbocycles. The van der Waals surface area contributed by atoms with E-state index in [0.717, 1.165) is 19.5 Å². The van der Waals surface area contributed by atoms with Crippen LogP contribution in [0.3, 0.4) is 0 Å². The summed E-state index contributed by atoms with van der Waals surface area (Å²) in [5, 5.41) is 4.05. The van der Waals surface area contributed by atoms with Crippen LogP contribution in [0.4, 0.5) is 0 Å². The molecule has 6 heteroatoms. The van der Waals surface area contributed by atoms with Gasteiger partial charge in [0.1, 0.15) is 11.3 Å². The van der Waals surface area contributed by atoms with Crippen molar-refractivity contribution in [1.82, 2.24) is 14.9 Å². The highest BCUT2D eigenvalue weighted by Gasteiger charge is 2.19. The predicted molar refractivity (Wildman–Crippen MR) is 78.5 cm³/mol. The fourth-order valence-electron chi connectivity index (χ4n) is 2.64. The number of methoxy groups -OCH3 is 1. The van der Waals surface area contributed by atoms with Crippen molar-refractivity contribution in [3.8, 4) is 5.75 Å². The topological polar surface area (TPSA) is 56.1 Å². The van der Waals surface area contributed by atoms with Crippen molar-refractivity contribution < 1.29 is 4.74 Å². The lowest BCUT2D eigenvalue weighted by Crippen LogP contribution is -2.26. The van der Waals surface area contributed by atoms with Gasteiger partial charge in [-0.05, 0) is 49.2 Å². The van der Waals surface area contributed by atoms with Gasteiger partial charge >= 0.3 is 0 Å². The molecule has 106 valence electrons. The van der Waals surface area contributed by atoms with Gasteiger partial charge in [0.2, 0.25) is 5.28 Å². The van der Waals surface area contributed by atoms with Gasteiger partial charge in [0, 0.05) is 6.54 Å². The fourth-order valence-corrected chi connectivity index (χ4v) is 2.87. The zero-order chi connectivity index (χ0) is 14.1. The van der Waals surface area contributed by atoms with E-state index in [4.69, 9.17) is 16.3 Å². The molecule has 1 atom stereocenters. The molecule has 3 rings (SSSR count). The highest BCUT2D eigenvalue weighted by atomic mass is 35.5. The number of rotatable bonds is 3. The molecule has 1 fully saturated rings. The van der Waals surface area contributed by atoms with Gasteiger partial charge in [-0.1, -0.05) is 6.07 Å². The van der Waals surface area contributed by atoms with E-state index in [1.165, 1.54) is 0 Å². The minimum atomic E-state index is -0.106. The molecule has 2 aromatic rings. The summed E-state index contributed by atoms with van der Waals surface area (Å²) in [7, 11) is 1.56. The predicted octanol–water partition coefficient (Wildman–Crippen LogP) is 1.67. The number of para-hydroxylation sites is 1. The molecule has 0 bridgehead atoms. The first-order valence-electron chi connectivity index (χ1n) is 6.64. The molecule has 1 unspecified atom stereocenters. The number of aromatic nitrogens is 2. The average molecular weight is 294 g/mol. The number of benzene rings is 1. The summed E-state index contributed by atoms with van der Waals surface area (Å²) in [6, 6.07) is 5.32. The second kappa shape index (κ2) is 5.42. The lowest BCUT2D eigenvalue weighted by atomic mass is 10.1. The molecule has 1 N–H and O–H groups in total. The van der Waals surface area contributed by atoms with E-state index in [9.17, 15) is 4.79 Å². The number of nitrogens with one attached hydrogen (secondary N) is 1. The van der Waals surface area contributed by atoms with Crippen LogP contribution in [0.1, 0.15) is 6.42 Å². The summed E-state index contributed by atoms with van der Waals surface area (Å²) in [6.07, 6.45) is 1.05. The lowest BCUT2D eigenvalue weighted by molar-refractivity contribution is 0.418. The largest absolute Gasteiger partial charge is 0.494 e. The maximum atomic E-state index is 12.6. The molecule has 0 spiro atoms. The Kier molecular flexibility index (Phi) is 3.63.